The third-order valence-electron chi connectivity index (χ3n) is 3.40. The fourth-order valence-electron chi connectivity index (χ4n) is 2.13. The molecule has 0 aromatic heterocycles. The highest BCUT2D eigenvalue weighted by molar-refractivity contribution is 5.82. The van der Waals surface area contributed by atoms with Crippen molar-refractivity contribution in [3.05, 3.63) is 29.8 Å². The zero-order chi connectivity index (χ0) is 17.3. The van der Waals surface area contributed by atoms with E-state index in [9.17, 15) is 9.59 Å². The smallest absolute Gasteiger partial charge is 0.276 e. The molecule has 0 aliphatic carbocycles. The molecule has 0 radical (unpaired) electrons. The highest BCUT2D eigenvalue weighted by atomic mass is 16.5. The average Bonchev–Trinajstić information content (AvgIpc) is 2.50. The van der Waals surface area contributed by atoms with E-state index >= 15 is 0 Å². The van der Waals surface area contributed by atoms with Gasteiger partial charge < -0.3 is 4.74 Å². The lowest BCUT2D eigenvalue weighted by Crippen LogP contribution is -2.43. The van der Waals surface area contributed by atoms with Crippen LogP contribution < -0.4 is 15.6 Å². The number of benzene rings is 1. The van der Waals surface area contributed by atoms with Crippen molar-refractivity contribution < 1.29 is 14.3 Å². The van der Waals surface area contributed by atoms with Crippen LogP contribution >= 0.6 is 0 Å². The average molecular weight is 320 g/mol. The Kier molecular flexibility index (Phi) is 7.59. The molecule has 1 rings (SSSR count). The third kappa shape index (κ3) is 7.17. The summed E-state index contributed by atoms with van der Waals surface area (Å²) in [6.45, 7) is 8.21. The lowest BCUT2D eigenvalue weighted by Gasteiger charge is -2.22. The Labute approximate surface area is 138 Å². The van der Waals surface area contributed by atoms with Crippen LogP contribution in [0.15, 0.2) is 24.3 Å². The van der Waals surface area contributed by atoms with Gasteiger partial charge >= 0.3 is 0 Å². The minimum Gasteiger partial charge on any atom is -0.483 e. The molecule has 0 aliphatic rings. The molecule has 0 heterocycles. The van der Waals surface area contributed by atoms with Crippen molar-refractivity contribution in [1.82, 2.24) is 10.9 Å². The highest BCUT2D eigenvalue weighted by Gasteiger charge is 2.18. The molecule has 0 atom stereocenters. The van der Waals surface area contributed by atoms with Crippen LogP contribution in [0, 0.1) is 0 Å². The molecule has 128 valence electrons. The van der Waals surface area contributed by atoms with Crippen LogP contribution in [-0.2, 0) is 15.0 Å². The Bertz CT molecular complexity index is 521. The zero-order valence-corrected chi connectivity index (χ0v) is 14.6. The number of hydrazine groups is 1. The number of hydrogen-bond acceptors (Lipinski definition) is 3. The lowest BCUT2D eigenvalue weighted by atomic mass is 9.86. The predicted octanol–water partition coefficient (Wildman–Crippen LogP) is 3.09. The Hall–Kier alpha value is -2.04. The van der Waals surface area contributed by atoms with Crippen LogP contribution in [0.3, 0.4) is 0 Å². The van der Waals surface area contributed by atoms with E-state index in [0.717, 1.165) is 24.8 Å². The normalized spacial score (nSPS) is 11.0. The van der Waals surface area contributed by atoms with Gasteiger partial charge in [-0.05, 0) is 23.5 Å². The van der Waals surface area contributed by atoms with Gasteiger partial charge in [-0.25, -0.2) is 0 Å². The number of carbonyl (C=O) groups is 2. The van der Waals surface area contributed by atoms with Gasteiger partial charge in [0.2, 0.25) is 5.91 Å². The van der Waals surface area contributed by atoms with Gasteiger partial charge in [-0.3, -0.25) is 20.4 Å². The maximum Gasteiger partial charge on any atom is 0.276 e. The molecule has 0 unspecified atom stereocenters. The van der Waals surface area contributed by atoms with Gasteiger partial charge in [0.1, 0.15) is 5.75 Å². The largest absolute Gasteiger partial charge is 0.483 e. The van der Waals surface area contributed by atoms with Gasteiger partial charge in [-0.2, -0.15) is 0 Å². The minimum absolute atomic E-state index is 0.0689. The van der Waals surface area contributed by atoms with Gasteiger partial charge in [-0.15, -0.1) is 0 Å². The van der Waals surface area contributed by atoms with E-state index in [1.165, 1.54) is 0 Å². The molecule has 2 N–H and O–H groups in total. The molecule has 0 aliphatic heterocycles. The van der Waals surface area contributed by atoms with Crippen molar-refractivity contribution >= 4 is 11.8 Å². The summed E-state index contributed by atoms with van der Waals surface area (Å²) in [6, 6.07) is 7.65. The molecule has 5 nitrogen and oxygen atoms in total. The molecule has 0 fully saturated rings. The quantitative estimate of drug-likeness (QED) is 0.599. The summed E-state index contributed by atoms with van der Waals surface area (Å²) in [5.74, 6) is 0.129. The molecule has 0 saturated heterocycles. The second-order valence-electron chi connectivity index (χ2n) is 6.59. The number of para-hydroxylation sites is 1. The summed E-state index contributed by atoms with van der Waals surface area (Å²) in [6.07, 6.45) is 3.31. The number of carbonyl (C=O) groups excluding carboxylic acids is 2. The highest BCUT2D eigenvalue weighted by Crippen LogP contribution is 2.30. The molecular weight excluding hydrogens is 292 g/mol. The first-order valence-corrected chi connectivity index (χ1v) is 8.14. The van der Waals surface area contributed by atoms with Crippen molar-refractivity contribution in [3.8, 4) is 5.75 Å². The van der Waals surface area contributed by atoms with Gasteiger partial charge in [0.25, 0.3) is 5.91 Å². The van der Waals surface area contributed by atoms with Crippen molar-refractivity contribution in [2.24, 2.45) is 0 Å². The van der Waals surface area contributed by atoms with Crippen LogP contribution in [0.4, 0.5) is 0 Å². The second-order valence-corrected chi connectivity index (χ2v) is 6.59. The summed E-state index contributed by atoms with van der Waals surface area (Å²) in [4.78, 5) is 23.3. The van der Waals surface area contributed by atoms with Crippen molar-refractivity contribution in [2.45, 2.75) is 58.8 Å². The molecule has 2 amide bonds. The van der Waals surface area contributed by atoms with E-state index in [0.29, 0.717) is 12.2 Å². The molecule has 0 bridgehead atoms. The lowest BCUT2D eigenvalue weighted by molar-refractivity contribution is -0.130. The second kappa shape index (κ2) is 9.18. The Balaban J connectivity index is 2.41. The van der Waals surface area contributed by atoms with Crippen molar-refractivity contribution in [2.75, 3.05) is 6.61 Å². The molecule has 0 saturated carbocycles. The Morgan fingerprint density at radius 2 is 1.70 bits per heavy atom. The fraction of sp³-hybridized carbons (Fsp3) is 0.556. The van der Waals surface area contributed by atoms with E-state index in [1.54, 1.807) is 0 Å². The molecule has 1 aromatic carbocycles. The van der Waals surface area contributed by atoms with E-state index in [-0.39, 0.29) is 23.8 Å². The number of amides is 2. The first-order chi connectivity index (χ1) is 10.8. The molecule has 0 spiro atoms. The zero-order valence-electron chi connectivity index (χ0n) is 14.6. The number of ether oxygens (including phenoxy) is 1. The Morgan fingerprint density at radius 1 is 1.04 bits per heavy atom. The van der Waals surface area contributed by atoms with Crippen LogP contribution in [0.25, 0.3) is 0 Å². The standard InChI is InChI=1S/C18H28N2O3/c1-5-6-7-12-16(21)19-20-17(22)13-23-15-11-9-8-10-14(15)18(2,3)4/h8-11H,5-7,12-13H2,1-4H3,(H,19,21)(H,20,22). The van der Waals surface area contributed by atoms with E-state index in [2.05, 4.69) is 38.5 Å². The monoisotopic (exact) mass is 320 g/mol. The van der Waals surface area contributed by atoms with Gasteiger partial charge in [0, 0.05) is 6.42 Å². The summed E-state index contributed by atoms with van der Waals surface area (Å²) >= 11 is 0. The summed E-state index contributed by atoms with van der Waals surface area (Å²) in [5, 5.41) is 0. The van der Waals surface area contributed by atoms with Crippen LogP contribution in [0.1, 0.15) is 58.9 Å². The molecule has 5 heteroatoms. The van der Waals surface area contributed by atoms with E-state index in [1.807, 2.05) is 24.3 Å². The van der Waals surface area contributed by atoms with Gasteiger partial charge in [0.15, 0.2) is 6.61 Å². The topological polar surface area (TPSA) is 67.4 Å². The summed E-state index contributed by atoms with van der Waals surface area (Å²) in [5.41, 5.74) is 5.75. The van der Waals surface area contributed by atoms with Crippen LogP contribution in [0.2, 0.25) is 0 Å². The molecular formula is C18H28N2O3. The van der Waals surface area contributed by atoms with Crippen LogP contribution in [0.5, 0.6) is 5.75 Å². The Morgan fingerprint density at radius 3 is 2.35 bits per heavy atom. The van der Waals surface area contributed by atoms with Crippen molar-refractivity contribution in [1.29, 1.82) is 0 Å². The predicted molar refractivity (Wildman–Crippen MR) is 91.1 cm³/mol. The van der Waals surface area contributed by atoms with Gasteiger partial charge in [0.05, 0.1) is 0 Å². The summed E-state index contributed by atoms with van der Waals surface area (Å²) in [7, 11) is 0. The SMILES string of the molecule is CCCCCC(=O)NNC(=O)COc1ccccc1C(C)(C)C. The van der Waals surface area contributed by atoms with Crippen molar-refractivity contribution in [3.63, 3.8) is 0 Å². The number of hydrogen-bond donors (Lipinski definition) is 2. The minimum atomic E-state index is -0.377. The first kappa shape index (κ1) is 19.0. The maximum atomic E-state index is 11.8. The number of nitrogens with one attached hydrogen (secondary N) is 2. The van der Waals surface area contributed by atoms with E-state index in [4.69, 9.17) is 4.74 Å². The summed E-state index contributed by atoms with van der Waals surface area (Å²) < 4.78 is 5.59. The van der Waals surface area contributed by atoms with Crippen LogP contribution in [-0.4, -0.2) is 18.4 Å². The third-order valence-corrected chi connectivity index (χ3v) is 3.40. The molecule has 23 heavy (non-hydrogen) atoms. The number of unbranched alkanes of at least 4 members (excludes halogenated alkanes) is 2. The first-order valence-electron chi connectivity index (χ1n) is 8.14. The maximum absolute atomic E-state index is 11.8. The van der Waals surface area contributed by atoms with Gasteiger partial charge in [-0.1, -0.05) is 58.7 Å². The van der Waals surface area contributed by atoms with E-state index < -0.39 is 0 Å². The molecule has 1 aromatic rings. The number of rotatable bonds is 7. The fourth-order valence-corrected chi connectivity index (χ4v) is 2.13.